The molecule has 0 spiro atoms. The molecule has 2 aliphatic rings. The highest BCUT2D eigenvalue weighted by Crippen LogP contribution is 2.30. The summed E-state index contributed by atoms with van der Waals surface area (Å²) in [5, 5.41) is 6.55. The minimum absolute atomic E-state index is 0.221. The van der Waals surface area contributed by atoms with Gasteiger partial charge >= 0.3 is 0 Å². The molecule has 1 aliphatic carbocycles. The maximum absolute atomic E-state index is 6.03. The fraction of sp³-hybridized carbons (Fsp3) is 0.250. The molecule has 2 heterocycles. The van der Waals surface area contributed by atoms with Crippen molar-refractivity contribution in [2.24, 2.45) is 0 Å². The van der Waals surface area contributed by atoms with Crippen molar-refractivity contribution >= 4 is 17.7 Å². The third-order valence-corrected chi connectivity index (χ3v) is 5.25. The fourth-order valence-corrected chi connectivity index (χ4v) is 3.83. The zero-order valence-corrected chi connectivity index (χ0v) is 16.9. The van der Waals surface area contributed by atoms with Crippen molar-refractivity contribution in [3.8, 4) is 17.4 Å². The van der Waals surface area contributed by atoms with Gasteiger partial charge in [-0.15, -0.1) is 0 Å². The Morgan fingerprint density at radius 2 is 2.07 bits per heavy atom. The number of hydrogen-bond donors (Lipinski definition) is 2. The van der Waals surface area contributed by atoms with E-state index in [1.165, 1.54) is 16.7 Å². The summed E-state index contributed by atoms with van der Waals surface area (Å²) in [5.41, 5.74) is 4.78. The van der Waals surface area contributed by atoms with Gasteiger partial charge in [0.1, 0.15) is 17.6 Å². The lowest BCUT2D eigenvalue weighted by atomic mass is 10.1. The maximum atomic E-state index is 6.03. The van der Waals surface area contributed by atoms with Crippen LogP contribution in [0.1, 0.15) is 24.5 Å². The minimum atomic E-state index is 0.221. The molecule has 2 N–H and O–H groups in total. The number of anilines is 2. The van der Waals surface area contributed by atoms with E-state index >= 15 is 0 Å². The molecule has 1 aromatic heterocycles. The lowest BCUT2D eigenvalue weighted by Gasteiger charge is -2.14. The van der Waals surface area contributed by atoms with E-state index in [0.717, 1.165) is 43.1 Å². The first-order chi connectivity index (χ1) is 14.7. The number of aromatic nitrogens is 2. The molecule has 0 radical (unpaired) electrons. The SMILES string of the molecule is CC1=Cc2cc(Oc3ccnc(Nc4cccc(O[C@H]5CCNC5)c4)n3)ccc2C1. The predicted molar refractivity (Wildman–Crippen MR) is 118 cm³/mol. The predicted octanol–water partition coefficient (Wildman–Crippen LogP) is 4.71. The maximum Gasteiger partial charge on any atom is 0.230 e. The van der Waals surface area contributed by atoms with Crippen molar-refractivity contribution in [2.75, 3.05) is 18.4 Å². The molecule has 0 bridgehead atoms. The molecule has 152 valence electrons. The standard InChI is InChI=1S/C24H24N4O2/c1-16-11-17-5-6-21(13-18(17)12-16)30-23-8-10-26-24(28-23)27-19-3-2-4-20(14-19)29-22-7-9-25-15-22/h2-6,8,10,12-14,22,25H,7,9,11,15H2,1H3,(H,26,27,28)/t22-/m0/s1. The van der Waals surface area contributed by atoms with E-state index < -0.39 is 0 Å². The second-order valence-electron chi connectivity index (χ2n) is 7.73. The highest BCUT2D eigenvalue weighted by Gasteiger charge is 2.16. The number of nitrogens with zero attached hydrogens (tertiary/aromatic N) is 2. The van der Waals surface area contributed by atoms with E-state index in [9.17, 15) is 0 Å². The number of fused-ring (bicyclic) bond motifs is 1. The van der Waals surface area contributed by atoms with E-state index in [2.05, 4.69) is 45.7 Å². The fourth-order valence-electron chi connectivity index (χ4n) is 3.83. The van der Waals surface area contributed by atoms with Gasteiger partial charge in [-0.2, -0.15) is 4.98 Å². The highest BCUT2D eigenvalue weighted by atomic mass is 16.5. The molecule has 0 unspecified atom stereocenters. The van der Waals surface area contributed by atoms with Crippen LogP contribution in [0.25, 0.3) is 6.08 Å². The Balaban J connectivity index is 1.28. The molecule has 1 saturated heterocycles. The number of benzene rings is 2. The van der Waals surface area contributed by atoms with Crippen LogP contribution < -0.4 is 20.1 Å². The number of ether oxygens (including phenoxy) is 2. The van der Waals surface area contributed by atoms with Gasteiger partial charge in [-0.3, -0.25) is 0 Å². The van der Waals surface area contributed by atoms with Gasteiger partial charge in [0, 0.05) is 30.6 Å². The summed E-state index contributed by atoms with van der Waals surface area (Å²) in [6.07, 6.45) is 6.15. The van der Waals surface area contributed by atoms with Gasteiger partial charge in [0.2, 0.25) is 11.8 Å². The van der Waals surface area contributed by atoms with E-state index in [1.807, 2.05) is 30.3 Å². The second kappa shape index (κ2) is 8.16. The summed E-state index contributed by atoms with van der Waals surface area (Å²) >= 11 is 0. The zero-order valence-electron chi connectivity index (χ0n) is 16.9. The first-order valence-electron chi connectivity index (χ1n) is 10.3. The first kappa shape index (κ1) is 18.6. The van der Waals surface area contributed by atoms with Crippen LogP contribution in [0, 0.1) is 0 Å². The van der Waals surface area contributed by atoms with Gasteiger partial charge in [0.25, 0.3) is 0 Å². The second-order valence-corrected chi connectivity index (χ2v) is 7.73. The van der Waals surface area contributed by atoms with Gasteiger partial charge in [-0.1, -0.05) is 23.8 Å². The van der Waals surface area contributed by atoms with Crippen LogP contribution in [-0.4, -0.2) is 29.2 Å². The van der Waals surface area contributed by atoms with Crippen LogP contribution in [0.5, 0.6) is 17.4 Å². The van der Waals surface area contributed by atoms with Crippen molar-refractivity contribution in [3.05, 3.63) is 71.4 Å². The van der Waals surface area contributed by atoms with Gasteiger partial charge in [-0.05, 0) is 61.7 Å². The summed E-state index contributed by atoms with van der Waals surface area (Å²) in [6, 6.07) is 15.8. The molecule has 1 fully saturated rings. The van der Waals surface area contributed by atoms with Gasteiger partial charge < -0.3 is 20.1 Å². The number of nitrogens with one attached hydrogen (secondary N) is 2. The lowest BCUT2D eigenvalue weighted by Crippen LogP contribution is -2.19. The minimum Gasteiger partial charge on any atom is -0.489 e. The summed E-state index contributed by atoms with van der Waals surface area (Å²) in [4.78, 5) is 8.81. The van der Waals surface area contributed by atoms with E-state index in [1.54, 1.807) is 12.3 Å². The number of hydrogen-bond acceptors (Lipinski definition) is 6. The summed E-state index contributed by atoms with van der Waals surface area (Å²) in [7, 11) is 0. The van der Waals surface area contributed by atoms with Crippen LogP contribution in [-0.2, 0) is 6.42 Å². The third-order valence-electron chi connectivity index (χ3n) is 5.25. The summed E-state index contributed by atoms with van der Waals surface area (Å²) in [6.45, 7) is 4.04. The molecule has 6 heteroatoms. The molecule has 0 saturated carbocycles. The van der Waals surface area contributed by atoms with Crippen molar-refractivity contribution < 1.29 is 9.47 Å². The largest absolute Gasteiger partial charge is 0.489 e. The molecule has 30 heavy (non-hydrogen) atoms. The first-order valence-corrected chi connectivity index (χ1v) is 10.3. The van der Waals surface area contributed by atoms with Crippen molar-refractivity contribution in [1.29, 1.82) is 0 Å². The Labute approximate surface area is 176 Å². The van der Waals surface area contributed by atoms with Crippen LogP contribution in [0.4, 0.5) is 11.6 Å². The molecule has 3 aromatic rings. The van der Waals surface area contributed by atoms with Crippen LogP contribution in [0.2, 0.25) is 0 Å². The molecular weight excluding hydrogens is 376 g/mol. The van der Waals surface area contributed by atoms with E-state index in [-0.39, 0.29) is 6.10 Å². The van der Waals surface area contributed by atoms with Gasteiger partial charge in [-0.25, -0.2) is 4.98 Å². The Morgan fingerprint density at radius 1 is 1.10 bits per heavy atom. The Hall–Kier alpha value is -3.38. The average molecular weight is 400 g/mol. The van der Waals surface area contributed by atoms with E-state index in [0.29, 0.717) is 11.8 Å². The molecule has 5 rings (SSSR count). The van der Waals surface area contributed by atoms with E-state index in [4.69, 9.17) is 9.47 Å². The molecule has 1 aliphatic heterocycles. The zero-order chi connectivity index (χ0) is 20.3. The van der Waals surface area contributed by atoms with Gasteiger partial charge in [0.05, 0.1) is 0 Å². The van der Waals surface area contributed by atoms with Crippen LogP contribution in [0.15, 0.2) is 60.3 Å². The monoisotopic (exact) mass is 400 g/mol. The topological polar surface area (TPSA) is 68.3 Å². The Kier molecular flexibility index (Phi) is 5.07. The smallest absolute Gasteiger partial charge is 0.230 e. The average Bonchev–Trinajstić information content (AvgIpc) is 3.37. The molecule has 1 atom stereocenters. The Morgan fingerprint density at radius 3 is 2.97 bits per heavy atom. The molecule has 2 aromatic carbocycles. The molecule has 6 nitrogen and oxygen atoms in total. The quantitative estimate of drug-likeness (QED) is 0.624. The van der Waals surface area contributed by atoms with Crippen LogP contribution in [0.3, 0.4) is 0 Å². The lowest BCUT2D eigenvalue weighted by molar-refractivity contribution is 0.223. The normalized spacial score (nSPS) is 17.4. The number of allylic oxidation sites excluding steroid dienone is 1. The molecular formula is C24H24N4O2. The third kappa shape index (κ3) is 4.28. The van der Waals surface area contributed by atoms with Crippen molar-refractivity contribution in [1.82, 2.24) is 15.3 Å². The summed E-state index contributed by atoms with van der Waals surface area (Å²) < 4.78 is 12.0. The van der Waals surface area contributed by atoms with Gasteiger partial charge in [0.15, 0.2) is 0 Å². The highest BCUT2D eigenvalue weighted by molar-refractivity contribution is 5.65. The molecule has 0 amide bonds. The number of rotatable bonds is 6. The van der Waals surface area contributed by atoms with Crippen molar-refractivity contribution in [3.63, 3.8) is 0 Å². The Bertz CT molecular complexity index is 1090. The summed E-state index contributed by atoms with van der Waals surface area (Å²) in [5.74, 6) is 2.58. The van der Waals surface area contributed by atoms with Crippen molar-refractivity contribution in [2.45, 2.75) is 25.9 Å². The van der Waals surface area contributed by atoms with Crippen LogP contribution >= 0.6 is 0 Å².